The van der Waals surface area contributed by atoms with Gasteiger partial charge in [0.1, 0.15) is 18.5 Å². The number of nitrogens with one attached hydrogen (secondary N) is 2. The first-order valence-electron chi connectivity index (χ1n) is 7.86. The summed E-state index contributed by atoms with van der Waals surface area (Å²) < 4.78 is 43.1. The van der Waals surface area contributed by atoms with Crippen LogP contribution in [-0.4, -0.2) is 55.4 Å². The average molecular weight is 507 g/mol. The molecule has 10 heteroatoms. The summed E-state index contributed by atoms with van der Waals surface area (Å²) in [5, 5.41) is 16.1. The second kappa shape index (κ2) is 13.3. The van der Waals surface area contributed by atoms with Crippen LogP contribution in [0.2, 0.25) is 0 Å². The largest absolute Gasteiger partial charge is 0.491 e. The third kappa shape index (κ3) is 10.3. The van der Waals surface area contributed by atoms with Gasteiger partial charge in [0, 0.05) is 18.8 Å². The number of ether oxygens (including phenoxy) is 1. The van der Waals surface area contributed by atoms with Crippen molar-refractivity contribution in [2.75, 3.05) is 38.2 Å². The molecule has 5 nitrogen and oxygen atoms in total. The molecule has 1 aromatic carbocycles. The summed E-state index contributed by atoms with van der Waals surface area (Å²) in [6, 6.07) is 4.56. The van der Waals surface area contributed by atoms with Gasteiger partial charge in [0.05, 0.1) is 12.1 Å². The Morgan fingerprint density at radius 3 is 2.69 bits per heavy atom. The quantitative estimate of drug-likeness (QED) is 0.208. The number of aliphatic imine (C=N–C) groups is 1. The van der Waals surface area contributed by atoms with Crippen molar-refractivity contribution in [2.24, 2.45) is 4.99 Å². The molecule has 0 aromatic heterocycles. The van der Waals surface area contributed by atoms with E-state index in [1.165, 1.54) is 12.1 Å². The van der Waals surface area contributed by atoms with Crippen LogP contribution < -0.4 is 15.4 Å². The van der Waals surface area contributed by atoms with Gasteiger partial charge < -0.3 is 20.5 Å². The highest BCUT2D eigenvalue weighted by atomic mass is 127. The maximum absolute atomic E-state index is 12.6. The maximum Gasteiger partial charge on any atom is 0.416 e. The zero-order chi connectivity index (χ0) is 18.7. The normalized spacial score (nSPS) is 12.9. The van der Waals surface area contributed by atoms with Crippen molar-refractivity contribution in [1.29, 1.82) is 0 Å². The van der Waals surface area contributed by atoms with Crippen molar-refractivity contribution in [1.82, 2.24) is 10.6 Å². The standard InChI is InChI=1S/C16H24F3N3O2S.HI/c1-3-20-15(21-7-8-25-2)22-10-13(23)11-24-14-6-4-5-12(9-14)16(17,18)19;/h4-6,9,13,23H,3,7-8,10-11H2,1-2H3,(H2,20,21,22);1H. The molecule has 150 valence electrons. The van der Waals surface area contributed by atoms with E-state index < -0.39 is 17.8 Å². The number of hydrogen-bond acceptors (Lipinski definition) is 4. The Bertz CT molecular complexity index is 548. The highest BCUT2D eigenvalue weighted by Gasteiger charge is 2.30. The first-order valence-corrected chi connectivity index (χ1v) is 9.25. The first kappa shape index (κ1) is 25.1. The fourth-order valence-corrected chi connectivity index (χ4v) is 2.12. The molecule has 0 saturated heterocycles. The predicted octanol–water partition coefficient (Wildman–Crippen LogP) is 2.98. The lowest BCUT2D eigenvalue weighted by Crippen LogP contribution is -2.39. The number of alkyl halides is 3. The molecule has 0 aliphatic carbocycles. The van der Waals surface area contributed by atoms with Crippen molar-refractivity contribution in [3.05, 3.63) is 29.8 Å². The molecule has 0 saturated carbocycles. The van der Waals surface area contributed by atoms with Crippen LogP contribution in [0.25, 0.3) is 0 Å². The molecule has 1 aromatic rings. The van der Waals surface area contributed by atoms with Crippen LogP contribution in [0, 0.1) is 0 Å². The monoisotopic (exact) mass is 507 g/mol. The van der Waals surface area contributed by atoms with Gasteiger partial charge in [0.25, 0.3) is 0 Å². The summed E-state index contributed by atoms with van der Waals surface area (Å²) in [4.78, 5) is 4.23. The number of nitrogens with zero attached hydrogens (tertiary/aromatic N) is 1. The minimum atomic E-state index is -4.43. The van der Waals surface area contributed by atoms with E-state index in [0.29, 0.717) is 12.5 Å². The average Bonchev–Trinajstić information content (AvgIpc) is 2.57. The van der Waals surface area contributed by atoms with E-state index >= 15 is 0 Å². The van der Waals surface area contributed by atoms with E-state index in [0.717, 1.165) is 24.4 Å². The Hall–Kier alpha value is -0.880. The number of aliphatic hydroxyl groups is 1. The van der Waals surface area contributed by atoms with Gasteiger partial charge in [-0.15, -0.1) is 24.0 Å². The fourth-order valence-electron chi connectivity index (χ4n) is 1.82. The minimum Gasteiger partial charge on any atom is -0.491 e. The zero-order valence-corrected chi connectivity index (χ0v) is 17.8. The molecule has 0 fully saturated rings. The zero-order valence-electron chi connectivity index (χ0n) is 14.7. The second-order valence-electron chi connectivity index (χ2n) is 5.13. The van der Waals surface area contributed by atoms with E-state index in [1.54, 1.807) is 11.8 Å². The Morgan fingerprint density at radius 1 is 1.35 bits per heavy atom. The van der Waals surface area contributed by atoms with Crippen LogP contribution >= 0.6 is 35.7 Å². The molecular formula is C16H25F3IN3O2S. The number of benzene rings is 1. The van der Waals surface area contributed by atoms with Crippen LogP contribution in [0.5, 0.6) is 5.75 Å². The van der Waals surface area contributed by atoms with Gasteiger partial charge in [-0.2, -0.15) is 24.9 Å². The van der Waals surface area contributed by atoms with Crippen molar-refractivity contribution >= 4 is 41.7 Å². The van der Waals surface area contributed by atoms with Crippen LogP contribution in [-0.2, 0) is 6.18 Å². The summed E-state index contributed by atoms with van der Waals surface area (Å²) >= 11 is 1.70. The predicted molar refractivity (Wildman–Crippen MR) is 111 cm³/mol. The molecule has 1 atom stereocenters. The molecule has 1 unspecified atom stereocenters. The molecule has 0 heterocycles. The molecule has 26 heavy (non-hydrogen) atoms. The van der Waals surface area contributed by atoms with Crippen molar-refractivity contribution in [3.63, 3.8) is 0 Å². The lowest BCUT2D eigenvalue weighted by atomic mass is 10.2. The van der Waals surface area contributed by atoms with E-state index in [2.05, 4.69) is 15.6 Å². The molecular weight excluding hydrogens is 482 g/mol. The first-order chi connectivity index (χ1) is 11.9. The molecule has 0 radical (unpaired) electrons. The maximum atomic E-state index is 12.6. The highest BCUT2D eigenvalue weighted by molar-refractivity contribution is 14.0. The summed E-state index contributed by atoms with van der Waals surface area (Å²) in [6.07, 6.45) is -3.35. The lowest BCUT2D eigenvalue weighted by molar-refractivity contribution is -0.137. The molecule has 3 N–H and O–H groups in total. The van der Waals surface area contributed by atoms with Crippen LogP contribution in [0.1, 0.15) is 12.5 Å². The lowest BCUT2D eigenvalue weighted by Gasteiger charge is -2.14. The van der Waals surface area contributed by atoms with Crippen LogP contribution in [0.3, 0.4) is 0 Å². The van der Waals surface area contributed by atoms with Crippen molar-refractivity contribution in [3.8, 4) is 5.75 Å². The van der Waals surface area contributed by atoms with E-state index in [-0.39, 0.29) is 42.9 Å². The third-order valence-electron chi connectivity index (χ3n) is 3.01. The Kier molecular flexibility index (Phi) is 12.9. The van der Waals surface area contributed by atoms with E-state index in [4.69, 9.17) is 4.74 Å². The van der Waals surface area contributed by atoms with Crippen LogP contribution in [0.15, 0.2) is 29.3 Å². The van der Waals surface area contributed by atoms with Gasteiger partial charge in [-0.05, 0) is 31.4 Å². The van der Waals surface area contributed by atoms with Gasteiger partial charge in [-0.1, -0.05) is 6.07 Å². The minimum absolute atomic E-state index is 0. The number of aliphatic hydroxyl groups excluding tert-OH is 1. The number of hydrogen-bond donors (Lipinski definition) is 3. The van der Waals surface area contributed by atoms with E-state index in [1.807, 2.05) is 13.2 Å². The number of rotatable bonds is 9. The highest BCUT2D eigenvalue weighted by Crippen LogP contribution is 2.31. The molecule has 0 aliphatic rings. The SMILES string of the molecule is CCNC(=NCC(O)COc1cccc(C(F)(F)F)c1)NCCSC.I. The smallest absolute Gasteiger partial charge is 0.416 e. The summed E-state index contributed by atoms with van der Waals surface area (Å²) in [5.74, 6) is 1.56. The Morgan fingerprint density at radius 2 is 2.08 bits per heavy atom. The summed E-state index contributed by atoms with van der Waals surface area (Å²) in [7, 11) is 0. The van der Waals surface area contributed by atoms with Crippen molar-refractivity contribution in [2.45, 2.75) is 19.2 Å². The molecule has 0 amide bonds. The Balaban J connectivity index is 0.00000625. The van der Waals surface area contributed by atoms with Gasteiger partial charge in [0.15, 0.2) is 5.96 Å². The molecule has 0 aliphatic heterocycles. The molecule has 0 spiro atoms. The summed E-state index contributed by atoms with van der Waals surface area (Å²) in [6.45, 7) is 3.29. The van der Waals surface area contributed by atoms with Crippen molar-refractivity contribution < 1.29 is 23.0 Å². The van der Waals surface area contributed by atoms with Gasteiger partial charge >= 0.3 is 6.18 Å². The number of halogens is 4. The molecule has 0 bridgehead atoms. The van der Waals surface area contributed by atoms with Gasteiger partial charge in [-0.3, -0.25) is 4.99 Å². The Labute approximate surface area is 173 Å². The fraction of sp³-hybridized carbons (Fsp3) is 0.562. The second-order valence-corrected chi connectivity index (χ2v) is 6.12. The topological polar surface area (TPSA) is 65.9 Å². The number of guanidine groups is 1. The third-order valence-corrected chi connectivity index (χ3v) is 3.62. The number of thioether (sulfide) groups is 1. The molecule has 1 rings (SSSR count). The van der Waals surface area contributed by atoms with Gasteiger partial charge in [0.2, 0.25) is 0 Å². The van der Waals surface area contributed by atoms with Crippen LogP contribution in [0.4, 0.5) is 13.2 Å². The van der Waals surface area contributed by atoms with E-state index in [9.17, 15) is 18.3 Å². The van der Waals surface area contributed by atoms with Gasteiger partial charge in [-0.25, -0.2) is 0 Å². The summed E-state index contributed by atoms with van der Waals surface area (Å²) in [5.41, 5.74) is -0.787.